The van der Waals surface area contributed by atoms with Gasteiger partial charge in [0, 0.05) is 7.05 Å². The fourth-order valence-electron chi connectivity index (χ4n) is 1.47. The Labute approximate surface area is 100 Å². The molecule has 2 rings (SSSR count). The highest BCUT2D eigenvalue weighted by molar-refractivity contribution is 5.60. The first kappa shape index (κ1) is 14.8. The smallest absolute Gasteiger partial charge is 0.142 e. The summed E-state index contributed by atoms with van der Waals surface area (Å²) in [6, 6.07) is 6.32. The van der Waals surface area contributed by atoms with E-state index in [0.29, 0.717) is 0 Å². The van der Waals surface area contributed by atoms with Gasteiger partial charge in [-0.3, -0.25) is 0 Å². The van der Waals surface area contributed by atoms with Crippen LogP contribution in [0.25, 0.3) is 0 Å². The van der Waals surface area contributed by atoms with Gasteiger partial charge in [-0.05, 0) is 24.6 Å². The zero-order valence-electron chi connectivity index (χ0n) is 11.5. The Morgan fingerprint density at radius 1 is 1.12 bits per heavy atom. The summed E-state index contributed by atoms with van der Waals surface area (Å²) >= 11 is 0. The lowest BCUT2D eigenvalue weighted by molar-refractivity contribution is 0.311. The van der Waals surface area contributed by atoms with Crippen LogP contribution in [-0.2, 0) is 0 Å². The van der Waals surface area contributed by atoms with E-state index in [1.165, 1.54) is 11.3 Å². The normalized spacial score (nSPS) is 12.2. The lowest BCUT2D eigenvalue weighted by atomic mass is 10.2. The molecule has 0 atom stereocenters. The van der Waals surface area contributed by atoms with Gasteiger partial charge < -0.3 is 9.64 Å². The Balaban J connectivity index is 0.000000509. The minimum absolute atomic E-state index is 0.799. The highest BCUT2D eigenvalue weighted by atomic mass is 16.5. The van der Waals surface area contributed by atoms with E-state index in [9.17, 15) is 0 Å². The van der Waals surface area contributed by atoms with E-state index in [1.807, 2.05) is 27.7 Å². The van der Waals surface area contributed by atoms with Crippen LogP contribution < -0.4 is 9.64 Å². The van der Waals surface area contributed by atoms with Crippen molar-refractivity contribution in [3.05, 3.63) is 23.8 Å². The highest BCUT2D eigenvalue weighted by Crippen LogP contribution is 2.30. The Morgan fingerprint density at radius 2 is 1.75 bits per heavy atom. The summed E-state index contributed by atoms with van der Waals surface area (Å²) in [6.45, 7) is 11.9. The van der Waals surface area contributed by atoms with Crippen molar-refractivity contribution in [3.63, 3.8) is 0 Å². The second-order valence-electron chi connectivity index (χ2n) is 3.24. The second-order valence-corrected chi connectivity index (χ2v) is 3.24. The molecule has 0 aliphatic carbocycles. The molecular weight excluding hydrogens is 198 g/mol. The van der Waals surface area contributed by atoms with Crippen LogP contribution in [0.15, 0.2) is 18.2 Å². The topological polar surface area (TPSA) is 12.5 Å². The van der Waals surface area contributed by atoms with Gasteiger partial charge in [0.2, 0.25) is 0 Å². The third kappa shape index (κ3) is 3.76. The van der Waals surface area contributed by atoms with Gasteiger partial charge >= 0.3 is 0 Å². The maximum absolute atomic E-state index is 5.53. The number of hydrogen-bond donors (Lipinski definition) is 0. The molecule has 2 nitrogen and oxygen atoms in total. The van der Waals surface area contributed by atoms with Crippen LogP contribution in [0, 0.1) is 6.92 Å². The fourth-order valence-corrected chi connectivity index (χ4v) is 1.47. The number of fused-ring (bicyclic) bond motifs is 1. The van der Waals surface area contributed by atoms with E-state index in [2.05, 4.69) is 37.1 Å². The molecule has 2 heteroatoms. The summed E-state index contributed by atoms with van der Waals surface area (Å²) in [6.07, 6.45) is 0. The lowest BCUT2D eigenvalue weighted by Gasteiger charge is -2.27. The maximum atomic E-state index is 5.53. The minimum Gasteiger partial charge on any atom is -0.490 e. The summed E-state index contributed by atoms with van der Waals surface area (Å²) in [4.78, 5) is 2.22. The van der Waals surface area contributed by atoms with Crippen LogP contribution in [0.1, 0.15) is 33.3 Å². The summed E-state index contributed by atoms with van der Waals surface area (Å²) in [5.41, 5.74) is 2.45. The number of anilines is 1. The van der Waals surface area contributed by atoms with E-state index in [0.717, 1.165) is 18.9 Å². The number of ether oxygens (including phenoxy) is 1. The number of aryl methyl sites for hydroxylation is 1. The molecule has 0 bridgehead atoms. The zero-order valence-corrected chi connectivity index (χ0v) is 11.5. The van der Waals surface area contributed by atoms with Gasteiger partial charge in [0.05, 0.1) is 12.2 Å². The SMILES string of the molecule is CC.CC.Cc1ccc2c(c1)OCCN2C. The monoisotopic (exact) mass is 223 g/mol. The van der Waals surface area contributed by atoms with Gasteiger partial charge in [-0.15, -0.1) is 0 Å². The van der Waals surface area contributed by atoms with Crippen molar-refractivity contribution in [2.75, 3.05) is 25.1 Å². The van der Waals surface area contributed by atoms with E-state index in [1.54, 1.807) is 0 Å². The number of likely N-dealkylation sites (N-methyl/N-ethyl adjacent to an activating group) is 1. The molecular formula is C14H25NO. The minimum atomic E-state index is 0.799. The molecule has 1 aromatic rings. The summed E-state index contributed by atoms with van der Waals surface area (Å²) in [5.74, 6) is 1.02. The van der Waals surface area contributed by atoms with Gasteiger partial charge in [0.15, 0.2) is 0 Å². The van der Waals surface area contributed by atoms with Gasteiger partial charge in [-0.2, -0.15) is 0 Å². The van der Waals surface area contributed by atoms with E-state index >= 15 is 0 Å². The van der Waals surface area contributed by atoms with Crippen LogP contribution in [0.3, 0.4) is 0 Å². The van der Waals surface area contributed by atoms with E-state index in [-0.39, 0.29) is 0 Å². The first-order chi connectivity index (χ1) is 7.77. The highest BCUT2D eigenvalue weighted by Gasteiger charge is 2.13. The molecule has 16 heavy (non-hydrogen) atoms. The summed E-state index contributed by atoms with van der Waals surface area (Å²) < 4.78 is 5.53. The molecule has 0 unspecified atom stereocenters. The Bertz CT molecular complexity index is 297. The molecule has 92 valence electrons. The molecule has 1 heterocycles. The number of benzene rings is 1. The Kier molecular flexibility index (Phi) is 7.44. The van der Waals surface area contributed by atoms with Gasteiger partial charge in [-0.1, -0.05) is 33.8 Å². The van der Waals surface area contributed by atoms with Crippen molar-refractivity contribution in [3.8, 4) is 5.75 Å². The zero-order chi connectivity index (χ0) is 12.6. The van der Waals surface area contributed by atoms with Gasteiger partial charge in [-0.25, -0.2) is 0 Å². The molecule has 1 aliphatic rings. The third-order valence-corrected chi connectivity index (χ3v) is 2.21. The van der Waals surface area contributed by atoms with Gasteiger partial charge in [0.25, 0.3) is 0 Å². The second kappa shape index (κ2) is 8.03. The fraction of sp³-hybridized carbons (Fsp3) is 0.571. The van der Waals surface area contributed by atoms with Crippen molar-refractivity contribution in [1.29, 1.82) is 0 Å². The summed E-state index contributed by atoms with van der Waals surface area (Å²) in [7, 11) is 2.09. The van der Waals surface area contributed by atoms with Crippen LogP contribution in [0.4, 0.5) is 5.69 Å². The first-order valence-corrected chi connectivity index (χ1v) is 6.22. The molecule has 0 amide bonds. The molecule has 0 spiro atoms. The van der Waals surface area contributed by atoms with Crippen molar-refractivity contribution >= 4 is 5.69 Å². The van der Waals surface area contributed by atoms with Crippen LogP contribution >= 0.6 is 0 Å². The van der Waals surface area contributed by atoms with E-state index in [4.69, 9.17) is 4.74 Å². The van der Waals surface area contributed by atoms with Crippen LogP contribution in [0.2, 0.25) is 0 Å². The predicted molar refractivity (Wildman–Crippen MR) is 72.6 cm³/mol. The van der Waals surface area contributed by atoms with Crippen LogP contribution in [-0.4, -0.2) is 20.2 Å². The van der Waals surface area contributed by atoms with Crippen molar-refractivity contribution in [2.45, 2.75) is 34.6 Å². The number of hydrogen-bond acceptors (Lipinski definition) is 2. The molecule has 0 saturated heterocycles. The molecule has 1 aliphatic heterocycles. The van der Waals surface area contributed by atoms with Crippen molar-refractivity contribution in [1.82, 2.24) is 0 Å². The number of rotatable bonds is 0. The third-order valence-electron chi connectivity index (χ3n) is 2.21. The average Bonchev–Trinajstić information content (AvgIpc) is 2.34. The first-order valence-electron chi connectivity index (χ1n) is 6.22. The molecule has 0 radical (unpaired) electrons. The van der Waals surface area contributed by atoms with Crippen LogP contribution in [0.5, 0.6) is 5.75 Å². The molecule has 1 aromatic carbocycles. The largest absolute Gasteiger partial charge is 0.490 e. The predicted octanol–water partition coefficient (Wildman–Crippen LogP) is 3.88. The summed E-state index contributed by atoms with van der Waals surface area (Å²) in [5, 5.41) is 0. The van der Waals surface area contributed by atoms with Crippen molar-refractivity contribution < 1.29 is 4.74 Å². The molecule has 0 N–H and O–H groups in total. The Hall–Kier alpha value is -1.18. The standard InChI is InChI=1S/C10H13NO.2C2H6/c1-8-3-4-9-10(7-8)12-6-5-11(9)2;2*1-2/h3-4,7H,5-6H2,1-2H3;2*1-2H3. The maximum Gasteiger partial charge on any atom is 0.142 e. The van der Waals surface area contributed by atoms with E-state index < -0.39 is 0 Å². The quantitative estimate of drug-likeness (QED) is 0.662. The van der Waals surface area contributed by atoms with Crippen molar-refractivity contribution in [2.24, 2.45) is 0 Å². The number of nitrogens with zero attached hydrogens (tertiary/aromatic N) is 1. The Morgan fingerprint density at radius 3 is 2.38 bits per heavy atom. The molecule has 0 fully saturated rings. The van der Waals surface area contributed by atoms with Gasteiger partial charge in [0.1, 0.15) is 12.4 Å². The average molecular weight is 223 g/mol. The molecule has 0 aromatic heterocycles. The lowest BCUT2D eigenvalue weighted by Crippen LogP contribution is -2.28. The molecule has 0 saturated carbocycles.